The maximum absolute atomic E-state index is 12.7. The van der Waals surface area contributed by atoms with Crippen molar-refractivity contribution in [2.24, 2.45) is 0 Å². The number of rotatable bonds is 5. The summed E-state index contributed by atoms with van der Waals surface area (Å²) in [4.78, 5) is 27.1. The molecule has 0 spiro atoms. The zero-order chi connectivity index (χ0) is 20.3. The summed E-state index contributed by atoms with van der Waals surface area (Å²) >= 11 is 6.56. The average molecular weight is 411 g/mol. The average Bonchev–Trinajstić information content (AvgIpc) is 2.93. The summed E-state index contributed by atoms with van der Waals surface area (Å²) in [6.45, 7) is 5.95. The van der Waals surface area contributed by atoms with Crippen molar-refractivity contribution in [1.82, 2.24) is 4.90 Å². The number of hydrogen-bond donors (Lipinski definition) is 1. The standard InChI is InChI=1S/C22H22N2O2S2/c1-4-16-8-10-17(11-9-16)12-19-21(26)24(22(27)28-19)13-20(25)23-18-7-5-6-14(2)15(18)3/h5-12H,4,13H2,1-3H3,(H,23,25). The molecule has 28 heavy (non-hydrogen) atoms. The SMILES string of the molecule is CCc1ccc(C=C2SC(=S)N(CC(=O)Nc3cccc(C)c3C)C2=O)cc1. The molecule has 1 heterocycles. The van der Waals surface area contributed by atoms with Gasteiger partial charge >= 0.3 is 0 Å². The van der Waals surface area contributed by atoms with Gasteiger partial charge < -0.3 is 5.32 Å². The summed E-state index contributed by atoms with van der Waals surface area (Å²) in [6, 6.07) is 13.8. The quantitative estimate of drug-likeness (QED) is 0.573. The first-order valence-electron chi connectivity index (χ1n) is 9.09. The molecule has 3 rings (SSSR count). The second-order valence-corrected chi connectivity index (χ2v) is 8.33. The van der Waals surface area contributed by atoms with Gasteiger partial charge in [0.2, 0.25) is 5.91 Å². The molecule has 0 atom stereocenters. The van der Waals surface area contributed by atoms with Gasteiger partial charge in [-0.25, -0.2) is 0 Å². The molecule has 4 nitrogen and oxygen atoms in total. The monoisotopic (exact) mass is 410 g/mol. The van der Waals surface area contributed by atoms with E-state index in [1.165, 1.54) is 22.2 Å². The molecule has 1 aliphatic rings. The minimum Gasteiger partial charge on any atom is -0.324 e. The molecule has 1 aliphatic heterocycles. The van der Waals surface area contributed by atoms with Gasteiger partial charge in [0.15, 0.2) is 0 Å². The molecule has 0 bridgehead atoms. The number of carbonyl (C=O) groups is 2. The highest BCUT2D eigenvalue weighted by Crippen LogP contribution is 2.32. The van der Waals surface area contributed by atoms with Crippen molar-refractivity contribution >= 4 is 51.9 Å². The van der Waals surface area contributed by atoms with E-state index in [0.29, 0.717) is 9.23 Å². The van der Waals surface area contributed by atoms with Gasteiger partial charge in [0.05, 0.1) is 4.91 Å². The van der Waals surface area contributed by atoms with E-state index in [0.717, 1.165) is 28.8 Å². The lowest BCUT2D eigenvalue weighted by molar-refractivity contribution is -0.126. The Kier molecular flexibility index (Phi) is 6.31. The molecule has 2 aromatic rings. The van der Waals surface area contributed by atoms with E-state index in [1.54, 1.807) is 0 Å². The first-order valence-corrected chi connectivity index (χ1v) is 10.3. The lowest BCUT2D eigenvalue weighted by atomic mass is 10.1. The third-order valence-electron chi connectivity index (χ3n) is 4.74. The Morgan fingerprint density at radius 1 is 1.18 bits per heavy atom. The van der Waals surface area contributed by atoms with Crippen molar-refractivity contribution < 1.29 is 9.59 Å². The fraction of sp³-hybridized carbons (Fsp3) is 0.227. The highest BCUT2D eigenvalue weighted by atomic mass is 32.2. The van der Waals surface area contributed by atoms with Crippen LogP contribution >= 0.6 is 24.0 Å². The van der Waals surface area contributed by atoms with Gasteiger partial charge in [-0.15, -0.1) is 0 Å². The Morgan fingerprint density at radius 3 is 2.57 bits per heavy atom. The molecular formula is C22H22N2O2S2. The van der Waals surface area contributed by atoms with Crippen LogP contribution in [0.1, 0.15) is 29.2 Å². The predicted octanol–water partition coefficient (Wildman–Crippen LogP) is 4.71. The van der Waals surface area contributed by atoms with E-state index < -0.39 is 0 Å². The highest BCUT2D eigenvalue weighted by Gasteiger charge is 2.33. The number of aryl methyl sites for hydroxylation is 2. The van der Waals surface area contributed by atoms with E-state index in [9.17, 15) is 9.59 Å². The van der Waals surface area contributed by atoms with E-state index in [2.05, 4.69) is 12.2 Å². The minimum absolute atomic E-state index is 0.0931. The number of hydrogen-bond acceptors (Lipinski definition) is 4. The smallest absolute Gasteiger partial charge is 0.266 e. The van der Waals surface area contributed by atoms with Gasteiger partial charge in [0.1, 0.15) is 10.9 Å². The summed E-state index contributed by atoms with van der Waals surface area (Å²) in [7, 11) is 0. The molecule has 0 aromatic heterocycles. The van der Waals surface area contributed by atoms with Crippen LogP contribution in [0.25, 0.3) is 6.08 Å². The molecule has 0 unspecified atom stereocenters. The Hall–Kier alpha value is -2.44. The lowest BCUT2D eigenvalue weighted by Gasteiger charge is -2.15. The van der Waals surface area contributed by atoms with Crippen LogP contribution in [0.15, 0.2) is 47.4 Å². The van der Waals surface area contributed by atoms with Crippen molar-refractivity contribution in [1.29, 1.82) is 0 Å². The zero-order valence-electron chi connectivity index (χ0n) is 16.1. The zero-order valence-corrected chi connectivity index (χ0v) is 17.7. The first kappa shape index (κ1) is 20.3. The number of thiocarbonyl (C=S) groups is 1. The second-order valence-electron chi connectivity index (χ2n) is 6.66. The van der Waals surface area contributed by atoms with Gasteiger partial charge in [-0.2, -0.15) is 0 Å². The number of carbonyl (C=O) groups excluding carboxylic acids is 2. The third-order valence-corrected chi connectivity index (χ3v) is 6.12. The highest BCUT2D eigenvalue weighted by molar-refractivity contribution is 8.26. The van der Waals surface area contributed by atoms with E-state index in [-0.39, 0.29) is 18.4 Å². The topological polar surface area (TPSA) is 49.4 Å². The summed E-state index contributed by atoms with van der Waals surface area (Å²) < 4.78 is 0.401. The molecule has 1 N–H and O–H groups in total. The maximum Gasteiger partial charge on any atom is 0.266 e. The van der Waals surface area contributed by atoms with Gasteiger partial charge in [0.25, 0.3) is 5.91 Å². The Morgan fingerprint density at radius 2 is 1.89 bits per heavy atom. The largest absolute Gasteiger partial charge is 0.324 e. The number of thioether (sulfide) groups is 1. The molecule has 1 saturated heterocycles. The van der Waals surface area contributed by atoms with Crippen molar-refractivity contribution in [2.75, 3.05) is 11.9 Å². The van der Waals surface area contributed by atoms with E-state index in [4.69, 9.17) is 12.2 Å². The molecule has 2 aromatic carbocycles. The Bertz CT molecular complexity index is 965. The molecule has 0 radical (unpaired) electrons. The normalized spacial score (nSPS) is 15.4. The fourth-order valence-electron chi connectivity index (χ4n) is 2.86. The second kappa shape index (κ2) is 8.71. The first-order chi connectivity index (χ1) is 13.4. The van der Waals surface area contributed by atoms with Gasteiger partial charge in [0, 0.05) is 5.69 Å². The van der Waals surface area contributed by atoms with Crippen LogP contribution in [0.5, 0.6) is 0 Å². The molecular weight excluding hydrogens is 388 g/mol. The number of nitrogens with one attached hydrogen (secondary N) is 1. The Labute approximate surface area is 175 Å². The minimum atomic E-state index is -0.265. The molecule has 1 fully saturated rings. The molecule has 144 valence electrons. The van der Waals surface area contributed by atoms with E-state index in [1.807, 2.05) is 62.4 Å². The summed E-state index contributed by atoms with van der Waals surface area (Å²) in [5.41, 5.74) is 5.05. The maximum atomic E-state index is 12.7. The Balaban J connectivity index is 1.70. The van der Waals surface area contributed by atoms with Crippen LogP contribution in [-0.4, -0.2) is 27.6 Å². The van der Waals surface area contributed by atoms with Crippen LogP contribution in [0, 0.1) is 13.8 Å². The number of anilines is 1. The number of benzene rings is 2. The van der Waals surface area contributed by atoms with Crippen molar-refractivity contribution in [3.8, 4) is 0 Å². The van der Waals surface area contributed by atoms with Gasteiger partial charge in [-0.1, -0.05) is 67.3 Å². The summed E-state index contributed by atoms with van der Waals surface area (Å²) in [5.74, 6) is -0.496. The van der Waals surface area contributed by atoms with Gasteiger partial charge in [-0.3, -0.25) is 14.5 Å². The van der Waals surface area contributed by atoms with E-state index >= 15 is 0 Å². The third kappa shape index (κ3) is 4.51. The summed E-state index contributed by atoms with van der Waals surface area (Å²) in [5, 5.41) is 2.88. The van der Waals surface area contributed by atoms with Gasteiger partial charge in [-0.05, 0) is 54.7 Å². The van der Waals surface area contributed by atoms with Crippen LogP contribution in [-0.2, 0) is 16.0 Å². The van der Waals surface area contributed by atoms with Crippen LogP contribution in [0.3, 0.4) is 0 Å². The van der Waals surface area contributed by atoms with Crippen molar-refractivity contribution in [3.63, 3.8) is 0 Å². The molecule has 0 aliphatic carbocycles. The van der Waals surface area contributed by atoms with Crippen LogP contribution < -0.4 is 5.32 Å². The van der Waals surface area contributed by atoms with Crippen LogP contribution in [0.4, 0.5) is 5.69 Å². The fourth-order valence-corrected chi connectivity index (χ4v) is 4.11. The summed E-state index contributed by atoms with van der Waals surface area (Å²) in [6.07, 6.45) is 2.79. The molecule has 6 heteroatoms. The predicted molar refractivity (Wildman–Crippen MR) is 120 cm³/mol. The van der Waals surface area contributed by atoms with Crippen molar-refractivity contribution in [2.45, 2.75) is 27.2 Å². The number of nitrogens with zero attached hydrogens (tertiary/aromatic N) is 1. The molecule has 0 saturated carbocycles. The molecule has 2 amide bonds. The van der Waals surface area contributed by atoms with Crippen molar-refractivity contribution in [3.05, 3.63) is 69.6 Å². The van der Waals surface area contributed by atoms with Crippen LogP contribution in [0.2, 0.25) is 0 Å². The number of amides is 2. The lowest BCUT2D eigenvalue weighted by Crippen LogP contribution is -2.36.